The Hall–Kier alpha value is -2.28. The van der Waals surface area contributed by atoms with Gasteiger partial charge in [-0.25, -0.2) is 13.2 Å². The van der Waals surface area contributed by atoms with Crippen LogP contribution in [0.15, 0.2) is 30.3 Å². The van der Waals surface area contributed by atoms with Crippen LogP contribution in [0.2, 0.25) is 5.02 Å². The first kappa shape index (κ1) is 15.1. The van der Waals surface area contributed by atoms with Crippen LogP contribution in [-0.4, -0.2) is 4.92 Å². The third kappa shape index (κ3) is 3.43. The van der Waals surface area contributed by atoms with E-state index in [1.807, 2.05) is 0 Å². The van der Waals surface area contributed by atoms with Crippen molar-refractivity contribution in [2.45, 2.75) is 6.54 Å². The summed E-state index contributed by atoms with van der Waals surface area (Å²) in [6.45, 7) is -0.212. The van der Waals surface area contributed by atoms with E-state index in [9.17, 15) is 23.3 Å². The van der Waals surface area contributed by atoms with Gasteiger partial charge in [0.2, 0.25) is 0 Å². The Labute approximate surface area is 122 Å². The van der Waals surface area contributed by atoms with Crippen molar-refractivity contribution in [3.8, 4) is 0 Å². The van der Waals surface area contributed by atoms with E-state index in [1.54, 1.807) is 0 Å². The van der Waals surface area contributed by atoms with Gasteiger partial charge in [0.05, 0.1) is 16.2 Å². The summed E-state index contributed by atoms with van der Waals surface area (Å²) in [6.07, 6.45) is 0. The van der Waals surface area contributed by atoms with E-state index in [0.29, 0.717) is 6.07 Å². The standard InChI is InChI=1S/C13H8ClF3N2O2/c14-8-1-2-12(19(20)21)7(3-8)6-18-11-5-9(15)4-10(16)13(11)17/h1-5,18H,6H2. The first-order chi connectivity index (χ1) is 9.88. The minimum Gasteiger partial charge on any atom is -0.378 e. The van der Waals surface area contributed by atoms with Crippen molar-refractivity contribution < 1.29 is 18.1 Å². The van der Waals surface area contributed by atoms with Gasteiger partial charge in [-0.3, -0.25) is 10.1 Å². The lowest BCUT2D eigenvalue weighted by atomic mass is 10.1. The SMILES string of the molecule is O=[N+]([O-])c1ccc(Cl)cc1CNc1cc(F)cc(F)c1F. The number of hydrogen-bond donors (Lipinski definition) is 1. The molecule has 4 nitrogen and oxygen atoms in total. The number of benzene rings is 2. The monoisotopic (exact) mass is 316 g/mol. The van der Waals surface area contributed by atoms with Crippen molar-refractivity contribution in [1.82, 2.24) is 0 Å². The fourth-order valence-corrected chi connectivity index (χ4v) is 1.94. The molecule has 0 aromatic heterocycles. The Kier molecular flexibility index (Phi) is 4.32. The van der Waals surface area contributed by atoms with Gasteiger partial charge in [-0.1, -0.05) is 11.6 Å². The maximum Gasteiger partial charge on any atom is 0.274 e. The lowest BCUT2D eigenvalue weighted by Gasteiger charge is -2.09. The smallest absolute Gasteiger partial charge is 0.274 e. The highest BCUT2D eigenvalue weighted by atomic mass is 35.5. The van der Waals surface area contributed by atoms with E-state index in [4.69, 9.17) is 11.6 Å². The summed E-state index contributed by atoms with van der Waals surface area (Å²) in [7, 11) is 0. The number of nitrogens with zero attached hydrogens (tertiary/aromatic N) is 1. The molecule has 0 aliphatic rings. The Morgan fingerprint density at radius 1 is 1.19 bits per heavy atom. The fraction of sp³-hybridized carbons (Fsp3) is 0.0769. The zero-order chi connectivity index (χ0) is 15.6. The average Bonchev–Trinajstić information content (AvgIpc) is 2.40. The molecule has 2 aromatic carbocycles. The molecule has 1 N–H and O–H groups in total. The summed E-state index contributed by atoms with van der Waals surface area (Å²) in [5, 5.41) is 13.5. The molecule has 0 amide bonds. The number of nitro groups is 1. The molecule has 2 aromatic rings. The molecule has 0 radical (unpaired) electrons. The molecule has 0 unspecified atom stereocenters. The first-order valence-corrected chi connectivity index (χ1v) is 6.07. The number of nitro benzene ring substituents is 1. The molecule has 0 bridgehead atoms. The van der Waals surface area contributed by atoms with Crippen molar-refractivity contribution in [1.29, 1.82) is 0 Å². The summed E-state index contributed by atoms with van der Waals surface area (Å²) in [6, 6.07) is 5.02. The highest BCUT2D eigenvalue weighted by molar-refractivity contribution is 6.30. The van der Waals surface area contributed by atoms with Gasteiger partial charge >= 0.3 is 0 Å². The van der Waals surface area contributed by atoms with E-state index in [0.717, 1.165) is 6.07 Å². The van der Waals surface area contributed by atoms with Crippen LogP contribution in [0, 0.1) is 27.6 Å². The number of halogens is 4. The van der Waals surface area contributed by atoms with E-state index < -0.39 is 28.1 Å². The van der Waals surface area contributed by atoms with Crippen LogP contribution in [0.1, 0.15) is 5.56 Å². The number of nitrogens with one attached hydrogen (secondary N) is 1. The highest BCUT2D eigenvalue weighted by Crippen LogP contribution is 2.25. The van der Waals surface area contributed by atoms with E-state index in [-0.39, 0.29) is 22.8 Å². The maximum atomic E-state index is 13.5. The fourth-order valence-electron chi connectivity index (χ4n) is 1.75. The van der Waals surface area contributed by atoms with Crippen LogP contribution in [0.25, 0.3) is 0 Å². The van der Waals surface area contributed by atoms with Crippen LogP contribution < -0.4 is 5.32 Å². The summed E-state index contributed by atoms with van der Waals surface area (Å²) < 4.78 is 39.5. The topological polar surface area (TPSA) is 55.2 Å². The quantitative estimate of drug-likeness (QED) is 0.520. The Balaban J connectivity index is 2.28. The van der Waals surface area contributed by atoms with E-state index in [2.05, 4.69) is 5.32 Å². The number of rotatable bonds is 4. The number of anilines is 1. The molecule has 0 heterocycles. The van der Waals surface area contributed by atoms with E-state index in [1.165, 1.54) is 18.2 Å². The second-order valence-electron chi connectivity index (χ2n) is 4.13. The van der Waals surface area contributed by atoms with Crippen LogP contribution >= 0.6 is 11.6 Å². The molecule has 0 saturated carbocycles. The third-order valence-electron chi connectivity index (χ3n) is 2.70. The minimum absolute atomic E-state index is 0.163. The lowest BCUT2D eigenvalue weighted by Crippen LogP contribution is -2.06. The molecule has 110 valence electrons. The molecule has 2 rings (SSSR count). The number of hydrogen-bond acceptors (Lipinski definition) is 3. The molecular weight excluding hydrogens is 309 g/mol. The average molecular weight is 317 g/mol. The molecule has 8 heteroatoms. The molecule has 0 saturated heterocycles. The first-order valence-electron chi connectivity index (χ1n) is 5.69. The molecule has 0 aliphatic heterocycles. The normalized spacial score (nSPS) is 10.5. The summed E-state index contributed by atoms with van der Waals surface area (Å²) in [4.78, 5) is 10.2. The molecule has 0 fully saturated rings. The zero-order valence-corrected chi connectivity index (χ0v) is 11.1. The van der Waals surface area contributed by atoms with Crippen molar-refractivity contribution in [2.75, 3.05) is 5.32 Å². The van der Waals surface area contributed by atoms with Crippen LogP contribution in [-0.2, 0) is 6.54 Å². The Morgan fingerprint density at radius 3 is 2.57 bits per heavy atom. The van der Waals surface area contributed by atoms with Gasteiger partial charge in [-0.2, -0.15) is 0 Å². The van der Waals surface area contributed by atoms with Crippen molar-refractivity contribution in [3.63, 3.8) is 0 Å². The van der Waals surface area contributed by atoms with Gasteiger partial charge < -0.3 is 5.32 Å². The summed E-state index contributed by atoms with van der Waals surface area (Å²) in [5.41, 5.74) is -0.498. The minimum atomic E-state index is -1.35. The molecule has 21 heavy (non-hydrogen) atoms. The molecule has 0 atom stereocenters. The Bertz CT molecular complexity index is 710. The Morgan fingerprint density at radius 2 is 1.90 bits per heavy atom. The van der Waals surface area contributed by atoms with Gasteiger partial charge in [0, 0.05) is 29.8 Å². The largest absolute Gasteiger partial charge is 0.378 e. The van der Waals surface area contributed by atoms with Gasteiger partial charge in [-0.05, 0) is 12.1 Å². The van der Waals surface area contributed by atoms with Crippen molar-refractivity contribution in [2.24, 2.45) is 0 Å². The van der Waals surface area contributed by atoms with Gasteiger partial charge in [0.25, 0.3) is 5.69 Å². The second-order valence-corrected chi connectivity index (χ2v) is 4.57. The summed E-state index contributed by atoms with van der Waals surface area (Å²) in [5.74, 6) is -3.57. The predicted octanol–water partition coefficient (Wildman–Crippen LogP) is 4.28. The van der Waals surface area contributed by atoms with Crippen LogP contribution in [0.4, 0.5) is 24.5 Å². The lowest BCUT2D eigenvalue weighted by molar-refractivity contribution is -0.385. The van der Waals surface area contributed by atoms with Gasteiger partial charge in [0.15, 0.2) is 11.6 Å². The van der Waals surface area contributed by atoms with Gasteiger partial charge in [-0.15, -0.1) is 0 Å². The third-order valence-corrected chi connectivity index (χ3v) is 2.94. The van der Waals surface area contributed by atoms with E-state index >= 15 is 0 Å². The van der Waals surface area contributed by atoms with Crippen LogP contribution in [0.5, 0.6) is 0 Å². The van der Waals surface area contributed by atoms with Crippen LogP contribution in [0.3, 0.4) is 0 Å². The zero-order valence-electron chi connectivity index (χ0n) is 10.4. The maximum absolute atomic E-state index is 13.5. The molecule has 0 aliphatic carbocycles. The second kappa shape index (κ2) is 6.01. The molecular formula is C13H8ClF3N2O2. The van der Waals surface area contributed by atoms with Crippen molar-refractivity contribution in [3.05, 3.63) is 68.5 Å². The van der Waals surface area contributed by atoms with Crippen molar-refractivity contribution >= 4 is 23.0 Å². The highest BCUT2D eigenvalue weighted by Gasteiger charge is 2.16. The summed E-state index contributed by atoms with van der Waals surface area (Å²) >= 11 is 5.74. The predicted molar refractivity (Wildman–Crippen MR) is 71.7 cm³/mol. The molecule has 0 spiro atoms. The van der Waals surface area contributed by atoms with Gasteiger partial charge in [0.1, 0.15) is 5.82 Å².